The summed E-state index contributed by atoms with van der Waals surface area (Å²) in [6.07, 6.45) is 2.28. The third-order valence-electron chi connectivity index (χ3n) is 2.25. The second-order valence-electron chi connectivity index (χ2n) is 3.65. The van der Waals surface area contributed by atoms with Crippen LogP contribution in [0.25, 0.3) is 0 Å². The summed E-state index contributed by atoms with van der Waals surface area (Å²) < 4.78 is 0.572. The molecule has 0 aliphatic rings. The van der Waals surface area contributed by atoms with Gasteiger partial charge in [-0.25, -0.2) is 4.79 Å². The van der Waals surface area contributed by atoms with Crippen LogP contribution in [0, 0.1) is 0 Å². The lowest BCUT2D eigenvalue weighted by Gasteiger charge is -2.07. The first-order valence-corrected chi connectivity index (χ1v) is 6.16. The summed E-state index contributed by atoms with van der Waals surface area (Å²) in [6.45, 7) is 2.02. The fraction of sp³-hybridized carbons (Fsp3) is 0.333. The standard InChI is InChI=1S/C12H14BrNO3/c1-2-3-4-11(15)14-10-6-5-8(12(16)17)7-9(10)13/h5-7H,2-4H2,1H3,(H,14,15)(H,16,17). The third kappa shape index (κ3) is 4.19. The lowest BCUT2D eigenvalue weighted by Crippen LogP contribution is -2.11. The molecule has 0 radical (unpaired) electrons. The summed E-state index contributed by atoms with van der Waals surface area (Å²) >= 11 is 3.23. The molecule has 0 saturated heterocycles. The van der Waals surface area contributed by atoms with Crippen LogP contribution >= 0.6 is 15.9 Å². The average molecular weight is 300 g/mol. The fourth-order valence-electron chi connectivity index (χ4n) is 1.30. The zero-order chi connectivity index (χ0) is 12.8. The van der Waals surface area contributed by atoms with Gasteiger partial charge in [-0.15, -0.1) is 0 Å². The Balaban J connectivity index is 2.72. The first kappa shape index (κ1) is 13.7. The average Bonchev–Trinajstić information content (AvgIpc) is 2.28. The van der Waals surface area contributed by atoms with Crippen LogP contribution in [0.15, 0.2) is 22.7 Å². The van der Waals surface area contributed by atoms with Gasteiger partial charge in [0.1, 0.15) is 0 Å². The predicted molar refractivity (Wildman–Crippen MR) is 69.3 cm³/mol. The lowest BCUT2D eigenvalue weighted by molar-refractivity contribution is -0.116. The van der Waals surface area contributed by atoms with Gasteiger partial charge in [-0.3, -0.25) is 4.79 Å². The molecule has 0 aliphatic carbocycles. The van der Waals surface area contributed by atoms with Crippen LogP contribution in [0.1, 0.15) is 36.5 Å². The maximum absolute atomic E-state index is 11.5. The summed E-state index contributed by atoms with van der Waals surface area (Å²) in [6, 6.07) is 4.51. The van der Waals surface area contributed by atoms with Gasteiger partial charge in [0, 0.05) is 10.9 Å². The number of aromatic carboxylic acids is 1. The summed E-state index contributed by atoms with van der Waals surface area (Å²) in [5.41, 5.74) is 0.777. The molecule has 1 amide bonds. The second-order valence-corrected chi connectivity index (χ2v) is 4.51. The topological polar surface area (TPSA) is 66.4 Å². The van der Waals surface area contributed by atoms with Gasteiger partial charge in [0.05, 0.1) is 11.3 Å². The predicted octanol–water partition coefficient (Wildman–Crippen LogP) is 3.28. The molecular weight excluding hydrogens is 286 g/mol. The van der Waals surface area contributed by atoms with Gasteiger partial charge in [0.2, 0.25) is 5.91 Å². The molecular formula is C12H14BrNO3. The number of carbonyl (C=O) groups excluding carboxylic acids is 1. The van der Waals surface area contributed by atoms with E-state index in [9.17, 15) is 9.59 Å². The molecule has 0 fully saturated rings. The Morgan fingerprint density at radius 2 is 2.12 bits per heavy atom. The molecule has 0 atom stereocenters. The van der Waals surface area contributed by atoms with E-state index in [4.69, 9.17) is 5.11 Å². The molecule has 0 aromatic heterocycles. The Kier molecular flexibility index (Phi) is 5.15. The minimum absolute atomic E-state index is 0.0596. The highest BCUT2D eigenvalue weighted by atomic mass is 79.9. The molecule has 17 heavy (non-hydrogen) atoms. The van der Waals surface area contributed by atoms with E-state index in [-0.39, 0.29) is 11.5 Å². The highest BCUT2D eigenvalue weighted by Crippen LogP contribution is 2.24. The normalized spacial score (nSPS) is 10.0. The highest BCUT2D eigenvalue weighted by molar-refractivity contribution is 9.10. The van der Waals surface area contributed by atoms with Crippen molar-refractivity contribution in [1.29, 1.82) is 0 Å². The van der Waals surface area contributed by atoms with Crippen LogP contribution in [-0.4, -0.2) is 17.0 Å². The Hall–Kier alpha value is -1.36. The van der Waals surface area contributed by atoms with Crippen LogP contribution in [0.4, 0.5) is 5.69 Å². The van der Waals surface area contributed by atoms with Crippen molar-refractivity contribution < 1.29 is 14.7 Å². The zero-order valence-corrected chi connectivity index (χ0v) is 11.1. The first-order chi connectivity index (χ1) is 8.04. The minimum atomic E-state index is -0.991. The van der Waals surface area contributed by atoms with Crippen molar-refractivity contribution in [3.63, 3.8) is 0 Å². The molecule has 5 heteroatoms. The van der Waals surface area contributed by atoms with E-state index in [0.717, 1.165) is 12.8 Å². The summed E-state index contributed by atoms with van der Waals surface area (Å²) in [5, 5.41) is 11.5. The van der Waals surface area contributed by atoms with Crippen molar-refractivity contribution in [3.8, 4) is 0 Å². The molecule has 0 spiro atoms. The SMILES string of the molecule is CCCCC(=O)Nc1ccc(C(=O)O)cc1Br. The van der Waals surface area contributed by atoms with Crippen LogP contribution in [-0.2, 0) is 4.79 Å². The largest absolute Gasteiger partial charge is 0.478 e. The molecule has 92 valence electrons. The maximum Gasteiger partial charge on any atom is 0.335 e. The molecule has 0 aliphatic heterocycles. The van der Waals surface area contributed by atoms with Crippen molar-refractivity contribution in [2.24, 2.45) is 0 Å². The van der Waals surface area contributed by atoms with Gasteiger partial charge in [0.25, 0.3) is 0 Å². The number of hydrogen-bond donors (Lipinski definition) is 2. The van der Waals surface area contributed by atoms with E-state index in [0.29, 0.717) is 16.6 Å². The van der Waals surface area contributed by atoms with Crippen molar-refractivity contribution in [2.45, 2.75) is 26.2 Å². The number of unbranched alkanes of at least 4 members (excludes halogenated alkanes) is 1. The summed E-state index contributed by atoms with van der Waals surface area (Å²) in [4.78, 5) is 22.2. The molecule has 4 nitrogen and oxygen atoms in total. The lowest BCUT2D eigenvalue weighted by atomic mass is 10.2. The van der Waals surface area contributed by atoms with Crippen molar-refractivity contribution in [1.82, 2.24) is 0 Å². The van der Waals surface area contributed by atoms with Gasteiger partial charge in [0.15, 0.2) is 0 Å². The quantitative estimate of drug-likeness (QED) is 0.877. The van der Waals surface area contributed by atoms with Crippen LogP contribution in [0.3, 0.4) is 0 Å². The molecule has 0 bridgehead atoms. The van der Waals surface area contributed by atoms with Crippen molar-refractivity contribution >= 4 is 33.5 Å². The number of hydrogen-bond acceptors (Lipinski definition) is 2. The number of amides is 1. The zero-order valence-electron chi connectivity index (χ0n) is 9.50. The van der Waals surface area contributed by atoms with E-state index >= 15 is 0 Å². The summed E-state index contributed by atoms with van der Waals surface area (Å²) in [7, 11) is 0. The van der Waals surface area contributed by atoms with Gasteiger partial charge in [-0.05, 0) is 40.5 Å². The fourth-order valence-corrected chi connectivity index (χ4v) is 1.78. The molecule has 0 heterocycles. The molecule has 1 aromatic carbocycles. The van der Waals surface area contributed by atoms with Gasteiger partial charge >= 0.3 is 5.97 Å². The number of carboxylic acids is 1. The van der Waals surface area contributed by atoms with Gasteiger partial charge in [-0.1, -0.05) is 13.3 Å². The summed E-state index contributed by atoms with van der Waals surface area (Å²) in [5.74, 6) is -1.05. The van der Waals surface area contributed by atoms with E-state index in [1.807, 2.05) is 6.92 Å². The van der Waals surface area contributed by atoms with Crippen molar-refractivity contribution in [3.05, 3.63) is 28.2 Å². The monoisotopic (exact) mass is 299 g/mol. The van der Waals surface area contributed by atoms with E-state index in [1.54, 1.807) is 6.07 Å². The van der Waals surface area contributed by atoms with E-state index < -0.39 is 5.97 Å². The van der Waals surface area contributed by atoms with Crippen LogP contribution < -0.4 is 5.32 Å². The molecule has 0 unspecified atom stereocenters. The highest BCUT2D eigenvalue weighted by Gasteiger charge is 2.08. The Morgan fingerprint density at radius 1 is 1.41 bits per heavy atom. The number of carbonyl (C=O) groups is 2. The van der Waals surface area contributed by atoms with E-state index in [1.165, 1.54) is 12.1 Å². The first-order valence-electron chi connectivity index (χ1n) is 5.37. The second kappa shape index (κ2) is 6.39. The number of anilines is 1. The number of halogens is 1. The number of rotatable bonds is 5. The Bertz CT molecular complexity index is 432. The van der Waals surface area contributed by atoms with Gasteiger partial charge < -0.3 is 10.4 Å². The smallest absolute Gasteiger partial charge is 0.335 e. The third-order valence-corrected chi connectivity index (χ3v) is 2.90. The van der Waals surface area contributed by atoms with Crippen LogP contribution in [0.2, 0.25) is 0 Å². The minimum Gasteiger partial charge on any atom is -0.478 e. The Morgan fingerprint density at radius 3 is 2.65 bits per heavy atom. The van der Waals surface area contributed by atoms with E-state index in [2.05, 4.69) is 21.2 Å². The number of carboxylic acid groups (broad SMARTS) is 1. The number of nitrogens with one attached hydrogen (secondary N) is 1. The Labute approximate surface area is 108 Å². The van der Waals surface area contributed by atoms with Crippen LogP contribution in [0.5, 0.6) is 0 Å². The molecule has 0 saturated carbocycles. The van der Waals surface area contributed by atoms with Crippen molar-refractivity contribution in [2.75, 3.05) is 5.32 Å². The molecule has 1 aromatic rings. The molecule has 2 N–H and O–H groups in total. The maximum atomic E-state index is 11.5. The van der Waals surface area contributed by atoms with Gasteiger partial charge in [-0.2, -0.15) is 0 Å². The molecule has 1 rings (SSSR count). The number of benzene rings is 1.